The maximum atomic E-state index is 15.4. The number of imide groups is 1. The van der Waals surface area contributed by atoms with E-state index >= 15 is 9.59 Å². The first-order chi connectivity index (χ1) is 29.7. The molecule has 0 spiro atoms. The molecule has 6 aromatic rings. The highest BCUT2D eigenvalue weighted by Gasteiger charge is 2.66. The summed E-state index contributed by atoms with van der Waals surface area (Å²) >= 11 is 0. The van der Waals surface area contributed by atoms with Crippen molar-refractivity contribution in [2.24, 2.45) is 33.9 Å². The molecule has 1 aliphatic heterocycles. The van der Waals surface area contributed by atoms with E-state index in [4.69, 9.17) is 0 Å². The number of allylic oxidation sites excluding steroid dienone is 4. The maximum Gasteiger partial charge on any atom is 0.238 e. The predicted octanol–water partition coefficient (Wildman–Crippen LogP) is 10.1. The van der Waals surface area contributed by atoms with Crippen molar-refractivity contribution in [2.75, 3.05) is 23.9 Å². The Balaban J connectivity index is 1.08. The van der Waals surface area contributed by atoms with E-state index < -0.39 is 35.0 Å². The summed E-state index contributed by atoms with van der Waals surface area (Å²) in [7, 11) is 3.94. The second-order valence-corrected chi connectivity index (χ2v) is 16.7. The van der Waals surface area contributed by atoms with Crippen molar-refractivity contribution < 1.29 is 24.3 Å². The number of azo groups is 1. The van der Waals surface area contributed by atoms with Crippen LogP contribution in [0, 0.1) is 23.7 Å². The second kappa shape index (κ2) is 14.8. The molecule has 61 heavy (non-hydrogen) atoms. The Kier molecular flexibility index (Phi) is 9.20. The lowest BCUT2D eigenvalue weighted by Gasteiger charge is -2.55. The molecule has 9 nitrogen and oxygen atoms in total. The van der Waals surface area contributed by atoms with Crippen molar-refractivity contribution in [3.8, 4) is 5.75 Å². The molecule has 6 atom stereocenters. The van der Waals surface area contributed by atoms with Gasteiger partial charge in [0.2, 0.25) is 11.8 Å². The van der Waals surface area contributed by atoms with E-state index in [9.17, 15) is 14.7 Å². The summed E-state index contributed by atoms with van der Waals surface area (Å²) in [4.78, 5) is 63.3. The van der Waals surface area contributed by atoms with Gasteiger partial charge in [-0.2, -0.15) is 10.2 Å². The largest absolute Gasteiger partial charge is 0.507 e. The lowest BCUT2D eigenvalue weighted by molar-refractivity contribution is -0.135. The molecule has 9 heteroatoms. The molecular weight excluding hydrogens is 761 g/mol. The molecule has 6 aromatic carbocycles. The SMILES string of the molecule is CN(C)c1ccc(N=Nc2ccc(N3C(=O)[C@H]4[C@H](CC=C5[C@H]4C[C@H]4C(=O)C(c6ccccc6)=CC(=O)[C@@]4(c4ccccc4)[C@H]5c4ccc5ccccc5c4O)C3=O)cc2)cc1. The van der Waals surface area contributed by atoms with Crippen LogP contribution in [0.3, 0.4) is 0 Å². The molecule has 0 aromatic heterocycles. The summed E-state index contributed by atoms with van der Waals surface area (Å²) in [6, 6.07) is 44.5. The average molecular weight is 803 g/mol. The minimum atomic E-state index is -1.45. The molecule has 0 radical (unpaired) electrons. The first kappa shape index (κ1) is 38.0. The summed E-state index contributed by atoms with van der Waals surface area (Å²) in [6.45, 7) is 0. The van der Waals surface area contributed by atoms with Crippen molar-refractivity contribution in [1.82, 2.24) is 0 Å². The van der Waals surface area contributed by atoms with Crippen molar-refractivity contribution in [1.29, 1.82) is 0 Å². The molecule has 2 fully saturated rings. The number of carbonyl (C=O) groups is 4. The third kappa shape index (κ3) is 5.98. The number of benzene rings is 6. The molecule has 0 bridgehead atoms. The molecule has 2 amide bonds. The van der Waals surface area contributed by atoms with E-state index in [1.807, 2.05) is 146 Å². The number of nitrogens with zero attached hydrogens (tertiary/aromatic N) is 4. The number of Topliss-reactive ketones (excluding diaryl/α,β-unsaturated/α-hetero) is 1. The van der Waals surface area contributed by atoms with Crippen molar-refractivity contribution in [3.63, 3.8) is 0 Å². The van der Waals surface area contributed by atoms with E-state index in [-0.39, 0.29) is 42.0 Å². The predicted molar refractivity (Wildman–Crippen MR) is 236 cm³/mol. The van der Waals surface area contributed by atoms with Crippen molar-refractivity contribution in [3.05, 3.63) is 180 Å². The Hall–Kier alpha value is -7.26. The fourth-order valence-corrected chi connectivity index (χ4v) is 10.6. The molecule has 4 aliphatic rings. The van der Waals surface area contributed by atoms with Gasteiger partial charge in [-0.1, -0.05) is 109 Å². The molecule has 0 unspecified atom stereocenters. The van der Waals surface area contributed by atoms with Gasteiger partial charge in [0.15, 0.2) is 11.6 Å². The number of anilines is 2. The molecule has 1 saturated carbocycles. The summed E-state index contributed by atoms with van der Waals surface area (Å²) < 4.78 is 0. The molecule has 1 saturated heterocycles. The van der Waals surface area contributed by atoms with Gasteiger partial charge in [0.25, 0.3) is 0 Å². The number of hydrogen-bond donors (Lipinski definition) is 1. The van der Waals surface area contributed by atoms with Gasteiger partial charge in [0.1, 0.15) is 5.75 Å². The van der Waals surface area contributed by atoms with Crippen LogP contribution < -0.4 is 9.80 Å². The first-order valence-electron chi connectivity index (χ1n) is 20.7. The standard InChI is InChI=1S/C52H42N4O5/c1-55(2)36-22-18-34(19-23-36)53-54-35-20-24-37(25-21-35)56-50(60)40-28-27-39-43(46(40)51(56)61)29-44-49(59)42(31-11-5-3-6-12-31)30-45(57)52(44,33-14-7-4-8-15-33)47(39)41-26-17-32-13-9-10-16-38(32)48(41)58/h3-27,30,40,43-44,46-47,58H,28-29H2,1-2H3/t40-,43+,44-,46-,47+,52-/m0/s1. The zero-order valence-corrected chi connectivity index (χ0v) is 33.7. The van der Waals surface area contributed by atoms with Crippen LogP contribution >= 0.6 is 0 Å². The van der Waals surface area contributed by atoms with E-state index in [2.05, 4.69) is 10.2 Å². The van der Waals surface area contributed by atoms with Gasteiger partial charge in [0, 0.05) is 48.1 Å². The lowest BCUT2D eigenvalue weighted by Crippen LogP contribution is -2.58. The van der Waals surface area contributed by atoms with Crippen LogP contribution in [-0.4, -0.2) is 42.6 Å². The minimum absolute atomic E-state index is 0.0252. The maximum absolute atomic E-state index is 15.4. The van der Waals surface area contributed by atoms with Crippen LogP contribution in [0.5, 0.6) is 5.75 Å². The van der Waals surface area contributed by atoms with Gasteiger partial charge in [-0.05, 0) is 89.9 Å². The number of rotatable bonds is 7. The van der Waals surface area contributed by atoms with Gasteiger partial charge >= 0.3 is 0 Å². The normalized spacial score (nSPS) is 24.6. The van der Waals surface area contributed by atoms with Crippen LogP contribution in [0.1, 0.15) is 35.4 Å². The number of aromatic hydroxyl groups is 1. The molecule has 10 rings (SSSR count). The van der Waals surface area contributed by atoms with E-state index in [1.54, 1.807) is 24.3 Å². The molecule has 3 aliphatic carbocycles. The molecule has 1 heterocycles. The topological polar surface area (TPSA) is 120 Å². The molecular formula is C52H42N4O5. The highest BCUT2D eigenvalue weighted by atomic mass is 16.3. The van der Waals surface area contributed by atoms with Crippen LogP contribution in [0.4, 0.5) is 22.7 Å². The smallest absolute Gasteiger partial charge is 0.238 e. The monoisotopic (exact) mass is 802 g/mol. The third-order valence-electron chi connectivity index (χ3n) is 13.4. The Labute approximate surface area is 353 Å². The average Bonchev–Trinajstić information content (AvgIpc) is 3.55. The van der Waals surface area contributed by atoms with Crippen LogP contribution in [-0.2, 0) is 24.6 Å². The fourth-order valence-electron chi connectivity index (χ4n) is 10.6. The van der Waals surface area contributed by atoms with Crippen LogP contribution in [0.15, 0.2) is 174 Å². The number of phenols is 1. The zero-order chi connectivity index (χ0) is 42.0. The minimum Gasteiger partial charge on any atom is -0.507 e. The lowest BCUT2D eigenvalue weighted by atomic mass is 9.44. The number of ketones is 2. The van der Waals surface area contributed by atoms with Gasteiger partial charge in [0.05, 0.1) is 34.3 Å². The van der Waals surface area contributed by atoms with Gasteiger partial charge in [-0.15, -0.1) is 0 Å². The molecule has 300 valence electrons. The summed E-state index contributed by atoms with van der Waals surface area (Å²) in [5, 5.41) is 22.5. The summed E-state index contributed by atoms with van der Waals surface area (Å²) in [6.07, 6.45) is 3.95. The Morgan fingerprint density at radius 3 is 2.02 bits per heavy atom. The first-order valence-corrected chi connectivity index (χ1v) is 20.7. The fraction of sp³-hybridized carbons (Fsp3) is 0.192. The Bertz CT molecular complexity index is 2850. The van der Waals surface area contributed by atoms with Gasteiger partial charge in [-0.3, -0.25) is 24.1 Å². The van der Waals surface area contributed by atoms with Crippen LogP contribution in [0.25, 0.3) is 16.3 Å². The second-order valence-electron chi connectivity index (χ2n) is 16.7. The van der Waals surface area contributed by atoms with Crippen LogP contribution in [0.2, 0.25) is 0 Å². The number of carbonyl (C=O) groups excluding carboxylic acids is 4. The van der Waals surface area contributed by atoms with Crippen molar-refractivity contribution in [2.45, 2.75) is 24.2 Å². The zero-order valence-electron chi connectivity index (χ0n) is 33.7. The third-order valence-corrected chi connectivity index (χ3v) is 13.4. The number of fused-ring (bicyclic) bond motifs is 5. The number of hydrogen-bond acceptors (Lipinski definition) is 8. The number of phenolic OH excluding ortho intramolecular Hbond substituents is 1. The van der Waals surface area contributed by atoms with Gasteiger partial charge in [-0.25, -0.2) is 0 Å². The highest BCUT2D eigenvalue weighted by Crippen LogP contribution is 2.65. The quantitative estimate of drug-likeness (QED) is 0.0975. The van der Waals surface area contributed by atoms with Crippen molar-refractivity contribution >= 4 is 62.5 Å². The Morgan fingerprint density at radius 2 is 1.33 bits per heavy atom. The van der Waals surface area contributed by atoms with E-state index in [0.717, 1.165) is 16.6 Å². The van der Waals surface area contributed by atoms with E-state index in [1.165, 1.54) is 11.0 Å². The summed E-state index contributed by atoms with van der Waals surface area (Å²) in [5.41, 5.74) is 4.20. The van der Waals surface area contributed by atoms with E-state index in [0.29, 0.717) is 44.7 Å². The Morgan fingerprint density at radius 1 is 0.689 bits per heavy atom. The molecule has 1 N–H and O–H groups in total. The number of amides is 2. The summed E-state index contributed by atoms with van der Waals surface area (Å²) in [5.74, 6) is -4.83. The highest BCUT2D eigenvalue weighted by molar-refractivity contribution is 6.32. The van der Waals surface area contributed by atoms with Gasteiger partial charge < -0.3 is 10.0 Å².